The van der Waals surface area contributed by atoms with Crippen LogP contribution in [0, 0.1) is 5.92 Å². The highest BCUT2D eigenvalue weighted by atomic mass is 35.5. The summed E-state index contributed by atoms with van der Waals surface area (Å²) < 4.78 is 4.90. The Morgan fingerprint density at radius 1 is 1.42 bits per heavy atom. The minimum absolute atomic E-state index is 0.123. The van der Waals surface area contributed by atoms with Crippen molar-refractivity contribution in [1.82, 2.24) is 0 Å². The molecule has 0 bridgehead atoms. The first kappa shape index (κ1) is 14.7. The zero-order chi connectivity index (χ0) is 14.0. The first-order valence-electron chi connectivity index (χ1n) is 5.81. The van der Waals surface area contributed by atoms with Gasteiger partial charge in [-0.25, -0.2) is 0 Å². The van der Waals surface area contributed by atoms with Gasteiger partial charge in [-0.3, -0.25) is 9.59 Å². The van der Waals surface area contributed by atoms with Gasteiger partial charge in [-0.1, -0.05) is 29.3 Å². The molecule has 1 aromatic carbocycles. The van der Waals surface area contributed by atoms with Crippen molar-refractivity contribution in [3.05, 3.63) is 33.8 Å². The van der Waals surface area contributed by atoms with Crippen molar-refractivity contribution >= 4 is 46.7 Å². The van der Waals surface area contributed by atoms with E-state index < -0.39 is 11.9 Å². The second kappa shape index (κ2) is 6.16. The number of esters is 1. The maximum atomic E-state index is 12.2. The minimum Gasteiger partial charge on any atom is -0.465 e. The summed E-state index contributed by atoms with van der Waals surface area (Å²) in [6.45, 7) is 2.01. The van der Waals surface area contributed by atoms with E-state index in [0.29, 0.717) is 15.8 Å². The molecule has 2 unspecified atom stereocenters. The van der Waals surface area contributed by atoms with Gasteiger partial charge in [0.05, 0.1) is 21.9 Å². The average molecular weight is 319 g/mol. The molecule has 1 heterocycles. The number of Topliss-reactive ketones (excluding diaryl/α,β-unsaturated/α-hetero) is 1. The Kier molecular flexibility index (Phi) is 4.76. The van der Waals surface area contributed by atoms with Crippen molar-refractivity contribution < 1.29 is 14.3 Å². The lowest BCUT2D eigenvalue weighted by Crippen LogP contribution is -2.25. The highest BCUT2D eigenvalue weighted by Gasteiger charge is 2.41. The number of carbonyl (C=O) groups is 2. The molecule has 2 atom stereocenters. The Balaban J connectivity index is 2.17. The fraction of sp³-hybridized carbons (Fsp3) is 0.385. The number of benzene rings is 1. The van der Waals surface area contributed by atoms with E-state index in [1.807, 2.05) is 0 Å². The van der Waals surface area contributed by atoms with Crippen molar-refractivity contribution in [3.8, 4) is 0 Å². The Bertz CT molecular complexity index is 519. The van der Waals surface area contributed by atoms with Crippen LogP contribution in [0.25, 0.3) is 0 Å². The number of hydrogen-bond donors (Lipinski definition) is 0. The molecule has 0 N–H and O–H groups in total. The molecule has 6 heteroatoms. The first-order valence-corrected chi connectivity index (χ1v) is 7.62. The Morgan fingerprint density at radius 3 is 2.79 bits per heavy atom. The molecular formula is C13H12Cl2O3S. The molecule has 1 fully saturated rings. The van der Waals surface area contributed by atoms with Crippen LogP contribution in [0.5, 0.6) is 0 Å². The summed E-state index contributed by atoms with van der Waals surface area (Å²) in [5, 5.41) is 0.485. The van der Waals surface area contributed by atoms with Gasteiger partial charge in [0.15, 0.2) is 5.78 Å². The number of rotatable bonds is 3. The van der Waals surface area contributed by atoms with Crippen LogP contribution < -0.4 is 0 Å². The van der Waals surface area contributed by atoms with Gasteiger partial charge in [-0.05, 0) is 24.6 Å². The summed E-state index contributed by atoms with van der Waals surface area (Å²) >= 11 is 13.2. The molecule has 1 saturated heterocycles. The summed E-state index contributed by atoms with van der Waals surface area (Å²) in [6, 6.07) is 5.09. The lowest BCUT2D eigenvalue weighted by molar-refractivity contribution is -0.150. The van der Waals surface area contributed by atoms with Gasteiger partial charge in [0.2, 0.25) is 0 Å². The predicted molar refractivity (Wildman–Crippen MR) is 76.8 cm³/mol. The SMILES string of the molecule is CCOC(=O)C1CSC(c2ccc(Cl)c(Cl)c2)C1=O. The minimum atomic E-state index is -0.676. The van der Waals surface area contributed by atoms with Gasteiger partial charge in [-0.2, -0.15) is 0 Å². The van der Waals surface area contributed by atoms with E-state index in [-0.39, 0.29) is 17.6 Å². The standard InChI is InChI=1S/C13H12Cl2O3S/c1-2-18-13(17)8-6-19-12(11(8)16)7-3-4-9(14)10(15)5-7/h3-5,8,12H,2,6H2,1H3. The summed E-state index contributed by atoms with van der Waals surface area (Å²) in [6.07, 6.45) is 0. The molecule has 0 aliphatic carbocycles. The number of halogens is 2. The Morgan fingerprint density at radius 2 is 2.16 bits per heavy atom. The number of ketones is 1. The fourth-order valence-corrected chi connectivity index (χ4v) is 3.56. The van der Waals surface area contributed by atoms with Crippen molar-refractivity contribution in [2.24, 2.45) is 5.92 Å². The molecule has 0 spiro atoms. The molecule has 0 aromatic heterocycles. The largest absolute Gasteiger partial charge is 0.465 e. The lowest BCUT2D eigenvalue weighted by atomic mass is 9.99. The Hall–Kier alpha value is -0.710. The van der Waals surface area contributed by atoms with E-state index in [9.17, 15) is 9.59 Å². The Labute approximate surface area is 125 Å². The van der Waals surface area contributed by atoms with Gasteiger partial charge >= 0.3 is 5.97 Å². The molecule has 1 aromatic rings. The van der Waals surface area contributed by atoms with Crippen LogP contribution in [0.15, 0.2) is 18.2 Å². The van der Waals surface area contributed by atoms with E-state index in [4.69, 9.17) is 27.9 Å². The summed E-state index contributed by atoms with van der Waals surface area (Å²) in [4.78, 5) is 23.9. The van der Waals surface area contributed by atoms with Crippen LogP contribution in [-0.4, -0.2) is 24.1 Å². The van der Waals surface area contributed by atoms with Crippen LogP contribution >= 0.6 is 35.0 Å². The second-order valence-electron chi connectivity index (χ2n) is 4.09. The third-order valence-corrected chi connectivity index (χ3v) is 4.95. The highest BCUT2D eigenvalue weighted by Crippen LogP contribution is 2.42. The molecule has 0 amide bonds. The maximum absolute atomic E-state index is 12.2. The van der Waals surface area contributed by atoms with Crippen LogP contribution in [0.3, 0.4) is 0 Å². The van der Waals surface area contributed by atoms with E-state index in [1.165, 1.54) is 11.8 Å². The third kappa shape index (κ3) is 3.07. The zero-order valence-corrected chi connectivity index (χ0v) is 12.5. The fourth-order valence-electron chi connectivity index (χ4n) is 1.90. The maximum Gasteiger partial charge on any atom is 0.317 e. The summed E-state index contributed by atoms with van der Waals surface area (Å²) in [5.41, 5.74) is 0.774. The third-order valence-electron chi connectivity index (χ3n) is 2.85. The lowest BCUT2D eigenvalue weighted by Gasteiger charge is -2.10. The van der Waals surface area contributed by atoms with Crippen LogP contribution in [0.1, 0.15) is 17.7 Å². The molecule has 102 valence electrons. The number of carbonyl (C=O) groups excluding carboxylic acids is 2. The van der Waals surface area contributed by atoms with Crippen LogP contribution in [0.2, 0.25) is 10.0 Å². The molecule has 1 aliphatic rings. The molecule has 3 nitrogen and oxygen atoms in total. The van der Waals surface area contributed by atoms with E-state index in [0.717, 1.165) is 5.56 Å². The molecule has 2 rings (SSSR count). The topological polar surface area (TPSA) is 43.4 Å². The summed E-state index contributed by atoms with van der Waals surface area (Å²) in [5.74, 6) is -0.795. The quantitative estimate of drug-likeness (QED) is 0.631. The number of ether oxygens (including phenoxy) is 1. The van der Waals surface area contributed by atoms with E-state index in [1.54, 1.807) is 25.1 Å². The highest BCUT2D eigenvalue weighted by molar-refractivity contribution is 8.00. The predicted octanol–water partition coefficient (Wildman–Crippen LogP) is 3.53. The molecule has 19 heavy (non-hydrogen) atoms. The van der Waals surface area contributed by atoms with E-state index in [2.05, 4.69) is 0 Å². The van der Waals surface area contributed by atoms with E-state index >= 15 is 0 Å². The zero-order valence-electron chi connectivity index (χ0n) is 10.2. The number of thioether (sulfide) groups is 1. The molecule has 0 saturated carbocycles. The van der Waals surface area contributed by atoms with Gasteiger partial charge < -0.3 is 4.74 Å². The number of hydrogen-bond acceptors (Lipinski definition) is 4. The molecular weight excluding hydrogens is 307 g/mol. The van der Waals surface area contributed by atoms with Crippen molar-refractivity contribution in [2.45, 2.75) is 12.2 Å². The van der Waals surface area contributed by atoms with Crippen molar-refractivity contribution in [3.63, 3.8) is 0 Å². The second-order valence-corrected chi connectivity index (χ2v) is 6.05. The van der Waals surface area contributed by atoms with Gasteiger partial charge in [0.1, 0.15) is 5.92 Å². The average Bonchev–Trinajstić information content (AvgIpc) is 2.75. The summed E-state index contributed by atoms with van der Waals surface area (Å²) in [7, 11) is 0. The molecule has 0 radical (unpaired) electrons. The normalized spacial score (nSPS) is 22.6. The smallest absolute Gasteiger partial charge is 0.317 e. The van der Waals surface area contributed by atoms with Gasteiger partial charge in [0.25, 0.3) is 0 Å². The van der Waals surface area contributed by atoms with Gasteiger partial charge in [-0.15, -0.1) is 11.8 Å². The van der Waals surface area contributed by atoms with Gasteiger partial charge in [0, 0.05) is 5.75 Å². The van der Waals surface area contributed by atoms with Crippen molar-refractivity contribution in [1.29, 1.82) is 0 Å². The molecule has 1 aliphatic heterocycles. The van der Waals surface area contributed by atoms with Crippen molar-refractivity contribution in [2.75, 3.05) is 12.4 Å². The van der Waals surface area contributed by atoms with Crippen LogP contribution in [-0.2, 0) is 14.3 Å². The first-order chi connectivity index (χ1) is 9.04. The van der Waals surface area contributed by atoms with Crippen LogP contribution in [0.4, 0.5) is 0 Å². The monoisotopic (exact) mass is 318 g/mol.